The monoisotopic (exact) mass is 580 g/mol. The highest BCUT2D eigenvalue weighted by Gasteiger charge is 2.18. The molecule has 0 aliphatic heterocycles. The van der Waals surface area contributed by atoms with E-state index in [0.717, 1.165) is 21.7 Å². The molecule has 0 unspecified atom stereocenters. The molecule has 212 valence electrons. The van der Waals surface area contributed by atoms with Crippen LogP contribution in [0.3, 0.4) is 0 Å². The van der Waals surface area contributed by atoms with Crippen LogP contribution in [-0.2, 0) is 9.59 Å². The molecule has 0 heterocycles. The molecule has 4 aromatic rings. The van der Waals surface area contributed by atoms with Crippen LogP contribution in [0.1, 0.15) is 27.0 Å². The van der Waals surface area contributed by atoms with Crippen molar-refractivity contribution < 1.29 is 19.3 Å². The second-order valence-electron chi connectivity index (χ2n) is 9.26. The number of amides is 3. The highest BCUT2D eigenvalue weighted by atomic mass is 32.2. The highest BCUT2D eigenvalue weighted by molar-refractivity contribution is 8.00. The fraction of sp³-hybridized carbons (Fsp3) is 0.0938. The standard InChI is InChI=1S/C32H28N4O5S/c1-21-9-8-13-27(22(21)2)34-30(37)20-42-26-17-15-25(16-18-26)33-32(39)28(35-31(38)23-10-4-3-5-11-23)19-24-12-6-7-14-29(24)36(40)41/h3-19H,20H2,1-2H3,(H,33,39)(H,34,37)(H,35,38)/b28-19-. The Morgan fingerprint density at radius 3 is 2.24 bits per heavy atom. The van der Waals surface area contributed by atoms with Crippen molar-refractivity contribution >= 4 is 52.6 Å². The van der Waals surface area contributed by atoms with Gasteiger partial charge in [0.1, 0.15) is 5.70 Å². The third kappa shape index (κ3) is 7.92. The number of benzene rings is 4. The van der Waals surface area contributed by atoms with Crippen molar-refractivity contribution in [3.8, 4) is 0 Å². The average molecular weight is 581 g/mol. The maximum atomic E-state index is 13.3. The maximum absolute atomic E-state index is 13.3. The molecule has 0 spiro atoms. The molecule has 0 radical (unpaired) electrons. The molecule has 3 amide bonds. The summed E-state index contributed by atoms with van der Waals surface area (Å²) in [4.78, 5) is 50.4. The number of aryl methyl sites for hydroxylation is 1. The van der Waals surface area contributed by atoms with Crippen molar-refractivity contribution in [1.29, 1.82) is 0 Å². The molecule has 3 N–H and O–H groups in total. The summed E-state index contributed by atoms with van der Waals surface area (Å²) in [6.45, 7) is 3.95. The van der Waals surface area contributed by atoms with E-state index in [1.54, 1.807) is 60.7 Å². The molecule has 0 atom stereocenters. The number of nitro groups is 1. The number of hydrogen-bond donors (Lipinski definition) is 3. The molecule has 0 aliphatic rings. The zero-order valence-corrected chi connectivity index (χ0v) is 23.7. The minimum absolute atomic E-state index is 0.134. The molecule has 0 fully saturated rings. The first kappa shape index (κ1) is 29.8. The normalized spacial score (nSPS) is 11.0. The minimum Gasteiger partial charge on any atom is -0.325 e. The smallest absolute Gasteiger partial charge is 0.276 e. The number of carbonyl (C=O) groups excluding carboxylic acids is 3. The van der Waals surface area contributed by atoms with Crippen molar-refractivity contribution in [2.75, 3.05) is 16.4 Å². The summed E-state index contributed by atoms with van der Waals surface area (Å²) in [6, 6.07) is 26.9. The van der Waals surface area contributed by atoms with Gasteiger partial charge in [-0.15, -0.1) is 11.8 Å². The third-order valence-electron chi connectivity index (χ3n) is 6.32. The van der Waals surface area contributed by atoms with Crippen LogP contribution in [0.25, 0.3) is 6.08 Å². The number of nitrogens with zero attached hydrogens (tertiary/aromatic N) is 1. The fourth-order valence-electron chi connectivity index (χ4n) is 3.93. The predicted molar refractivity (Wildman–Crippen MR) is 165 cm³/mol. The van der Waals surface area contributed by atoms with Crippen LogP contribution in [0.15, 0.2) is 108 Å². The van der Waals surface area contributed by atoms with Crippen molar-refractivity contribution in [2.24, 2.45) is 0 Å². The average Bonchev–Trinajstić information content (AvgIpc) is 2.99. The van der Waals surface area contributed by atoms with E-state index < -0.39 is 16.7 Å². The topological polar surface area (TPSA) is 130 Å². The van der Waals surface area contributed by atoms with Crippen molar-refractivity contribution in [1.82, 2.24) is 5.32 Å². The fourth-order valence-corrected chi connectivity index (χ4v) is 4.63. The van der Waals surface area contributed by atoms with Gasteiger partial charge in [-0.2, -0.15) is 0 Å². The lowest BCUT2D eigenvalue weighted by molar-refractivity contribution is -0.385. The van der Waals surface area contributed by atoms with Crippen molar-refractivity contribution in [3.05, 3.63) is 135 Å². The van der Waals surface area contributed by atoms with E-state index in [9.17, 15) is 24.5 Å². The molecule has 0 aliphatic carbocycles. The Balaban J connectivity index is 1.45. The first-order chi connectivity index (χ1) is 20.2. The molecule has 10 heteroatoms. The van der Waals surface area contributed by atoms with Gasteiger partial charge in [-0.25, -0.2) is 0 Å². The molecule has 9 nitrogen and oxygen atoms in total. The SMILES string of the molecule is Cc1cccc(NC(=O)CSc2ccc(NC(=O)/C(=C/c3ccccc3[N+](=O)[O-])NC(=O)c3ccccc3)cc2)c1C. The van der Waals surface area contributed by atoms with E-state index in [1.165, 1.54) is 36.0 Å². The van der Waals surface area contributed by atoms with E-state index in [0.29, 0.717) is 11.3 Å². The van der Waals surface area contributed by atoms with E-state index in [1.807, 2.05) is 32.0 Å². The molecule has 0 aromatic heterocycles. The number of rotatable bonds is 10. The van der Waals surface area contributed by atoms with Gasteiger partial charge < -0.3 is 16.0 Å². The van der Waals surface area contributed by atoms with Crippen LogP contribution in [0.5, 0.6) is 0 Å². The lowest BCUT2D eigenvalue weighted by Crippen LogP contribution is -2.30. The number of thioether (sulfide) groups is 1. The van der Waals surface area contributed by atoms with E-state index in [2.05, 4.69) is 16.0 Å². The van der Waals surface area contributed by atoms with E-state index >= 15 is 0 Å². The summed E-state index contributed by atoms with van der Waals surface area (Å²) in [7, 11) is 0. The second kappa shape index (κ2) is 13.9. The van der Waals surface area contributed by atoms with Gasteiger partial charge in [0, 0.05) is 27.9 Å². The first-order valence-electron chi connectivity index (χ1n) is 12.9. The Kier molecular flexibility index (Phi) is 9.85. The molecular formula is C32H28N4O5S. The van der Waals surface area contributed by atoms with E-state index in [4.69, 9.17) is 0 Å². The molecular weight excluding hydrogens is 552 g/mol. The summed E-state index contributed by atoms with van der Waals surface area (Å²) in [5.74, 6) is -1.13. The summed E-state index contributed by atoms with van der Waals surface area (Å²) in [6.07, 6.45) is 1.27. The molecule has 0 bridgehead atoms. The lowest BCUT2D eigenvalue weighted by Gasteiger charge is -2.12. The molecule has 4 aromatic carbocycles. The maximum Gasteiger partial charge on any atom is 0.276 e. The Bertz CT molecular complexity index is 1650. The van der Waals surface area contributed by atoms with Crippen LogP contribution in [0.2, 0.25) is 0 Å². The highest BCUT2D eigenvalue weighted by Crippen LogP contribution is 2.24. The van der Waals surface area contributed by atoms with Gasteiger partial charge in [-0.1, -0.05) is 42.5 Å². The number of nitrogens with one attached hydrogen (secondary N) is 3. The summed E-state index contributed by atoms with van der Waals surface area (Å²) in [5.41, 5.74) is 3.44. The summed E-state index contributed by atoms with van der Waals surface area (Å²) < 4.78 is 0. The van der Waals surface area contributed by atoms with Gasteiger partial charge in [0.25, 0.3) is 17.5 Å². The Hall–Kier alpha value is -5.22. The summed E-state index contributed by atoms with van der Waals surface area (Å²) in [5, 5.41) is 19.7. The number of carbonyl (C=O) groups is 3. The number of hydrogen-bond acceptors (Lipinski definition) is 6. The van der Waals surface area contributed by atoms with Crippen LogP contribution < -0.4 is 16.0 Å². The number of para-hydroxylation sites is 1. The van der Waals surface area contributed by atoms with E-state index in [-0.39, 0.29) is 28.6 Å². The van der Waals surface area contributed by atoms with Crippen LogP contribution in [-0.4, -0.2) is 28.4 Å². The number of nitro benzene ring substituents is 1. The molecule has 0 saturated heterocycles. The van der Waals surface area contributed by atoms with Crippen LogP contribution in [0.4, 0.5) is 17.1 Å². The predicted octanol–water partition coefficient (Wildman–Crippen LogP) is 6.35. The Morgan fingerprint density at radius 2 is 1.52 bits per heavy atom. The summed E-state index contributed by atoms with van der Waals surface area (Å²) >= 11 is 1.35. The zero-order valence-electron chi connectivity index (χ0n) is 22.9. The van der Waals surface area contributed by atoms with Gasteiger partial charge in [0.15, 0.2) is 0 Å². The third-order valence-corrected chi connectivity index (χ3v) is 7.33. The van der Waals surface area contributed by atoms with Gasteiger partial charge >= 0.3 is 0 Å². The van der Waals surface area contributed by atoms with Gasteiger partial charge in [-0.05, 0) is 79.6 Å². The van der Waals surface area contributed by atoms with Gasteiger partial charge in [-0.3, -0.25) is 24.5 Å². The second-order valence-corrected chi connectivity index (χ2v) is 10.3. The van der Waals surface area contributed by atoms with Gasteiger partial charge in [0.05, 0.1) is 16.2 Å². The Labute approximate surface area is 247 Å². The number of anilines is 2. The van der Waals surface area contributed by atoms with Crippen LogP contribution in [0, 0.1) is 24.0 Å². The quantitative estimate of drug-likeness (QED) is 0.0867. The molecule has 0 saturated carbocycles. The largest absolute Gasteiger partial charge is 0.325 e. The van der Waals surface area contributed by atoms with Crippen molar-refractivity contribution in [3.63, 3.8) is 0 Å². The minimum atomic E-state index is -0.661. The van der Waals surface area contributed by atoms with Gasteiger partial charge in [0.2, 0.25) is 5.91 Å². The molecule has 42 heavy (non-hydrogen) atoms. The first-order valence-corrected chi connectivity index (χ1v) is 13.9. The zero-order chi connectivity index (χ0) is 30.1. The molecule has 4 rings (SSSR count). The van der Waals surface area contributed by atoms with Crippen molar-refractivity contribution in [2.45, 2.75) is 18.7 Å². The Morgan fingerprint density at radius 1 is 0.833 bits per heavy atom. The van der Waals surface area contributed by atoms with Crippen LogP contribution >= 0.6 is 11.8 Å². The lowest BCUT2D eigenvalue weighted by atomic mass is 10.1.